The van der Waals surface area contributed by atoms with Gasteiger partial charge in [0.1, 0.15) is 5.69 Å². The highest BCUT2D eigenvalue weighted by molar-refractivity contribution is 5.90. The van der Waals surface area contributed by atoms with E-state index in [1.165, 1.54) is 0 Å². The average Bonchev–Trinajstić information content (AvgIpc) is 3.16. The number of piperidine rings is 1. The fourth-order valence-corrected chi connectivity index (χ4v) is 3.78. The van der Waals surface area contributed by atoms with E-state index in [1.807, 2.05) is 6.07 Å². The molecule has 1 fully saturated rings. The van der Waals surface area contributed by atoms with E-state index in [1.54, 1.807) is 24.4 Å². The number of benzene rings is 1. The third kappa shape index (κ3) is 4.30. The Bertz CT molecular complexity index is 1060. The van der Waals surface area contributed by atoms with Crippen LogP contribution in [0.5, 0.6) is 0 Å². The highest BCUT2D eigenvalue weighted by Gasteiger charge is 2.32. The first-order valence-electron chi connectivity index (χ1n) is 9.82. The molecule has 2 unspecified atom stereocenters. The maximum Gasteiger partial charge on any atom is 0.431 e. The summed E-state index contributed by atoms with van der Waals surface area (Å²) in [6, 6.07) is 7.76. The van der Waals surface area contributed by atoms with Gasteiger partial charge in [0, 0.05) is 41.8 Å². The van der Waals surface area contributed by atoms with Crippen molar-refractivity contribution in [2.75, 3.05) is 13.1 Å². The molecule has 6 nitrogen and oxygen atoms in total. The van der Waals surface area contributed by atoms with Crippen molar-refractivity contribution in [3.05, 3.63) is 59.3 Å². The van der Waals surface area contributed by atoms with Gasteiger partial charge < -0.3 is 15.6 Å². The summed E-state index contributed by atoms with van der Waals surface area (Å²) in [5.41, 5.74) is 1.12. The second-order valence-corrected chi connectivity index (χ2v) is 7.67. The SMILES string of the molecule is CC1CCNCC1c1ccnc(C(=O)NCc2ccc3[nH]c(C(F)(F)F)cc3c2)n1. The second kappa shape index (κ2) is 8.06. The summed E-state index contributed by atoms with van der Waals surface area (Å²) in [6.45, 7) is 4.13. The van der Waals surface area contributed by atoms with Crippen LogP contribution in [0.4, 0.5) is 13.2 Å². The number of halogens is 3. The Morgan fingerprint density at radius 3 is 2.87 bits per heavy atom. The quantitative estimate of drug-likeness (QED) is 0.606. The van der Waals surface area contributed by atoms with Crippen LogP contribution in [0, 0.1) is 5.92 Å². The summed E-state index contributed by atoms with van der Waals surface area (Å²) in [5, 5.41) is 6.53. The van der Waals surface area contributed by atoms with Crippen LogP contribution in [-0.4, -0.2) is 33.9 Å². The number of H-pyrrole nitrogens is 1. The molecule has 0 aliphatic carbocycles. The number of aromatic nitrogens is 3. The molecule has 3 heterocycles. The van der Waals surface area contributed by atoms with Gasteiger partial charge in [-0.3, -0.25) is 4.79 Å². The van der Waals surface area contributed by atoms with Gasteiger partial charge in [-0.05, 0) is 48.7 Å². The highest BCUT2D eigenvalue weighted by atomic mass is 19.4. The molecule has 2 aromatic heterocycles. The standard InChI is InChI=1S/C21H22F3N5O/c1-12-4-6-25-11-15(12)17-5-7-26-19(29-17)20(30)27-10-13-2-3-16-14(8-13)9-18(28-16)21(22,23)24/h2-3,5,7-9,12,15,25,28H,4,6,10-11H2,1H3,(H,27,30). The van der Waals surface area contributed by atoms with Gasteiger partial charge in [-0.15, -0.1) is 0 Å². The second-order valence-electron chi connectivity index (χ2n) is 7.67. The van der Waals surface area contributed by atoms with Gasteiger partial charge in [-0.2, -0.15) is 13.2 Å². The van der Waals surface area contributed by atoms with E-state index >= 15 is 0 Å². The van der Waals surface area contributed by atoms with E-state index in [-0.39, 0.29) is 18.3 Å². The third-order valence-corrected chi connectivity index (χ3v) is 5.53. The summed E-state index contributed by atoms with van der Waals surface area (Å²) in [7, 11) is 0. The lowest BCUT2D eigenvalue weighted by Crippen LogP contribution is -2.34. The van der Waals surface area contributed by atoms with Crippen LogP contribution in [0.1, 0.15) is 46.8 Å². The van der Waals surface area contributed by atoms with Crippen molar-refractivity contribution in [2.24, 2.45) is 5.92 Å². The lowest BCUT2D eigenvalue weighted by molar-refractivity contribution is -0.140. The number of aromatic amines is 1. The van der Waals surface area contributed by atoms with Gasteiger partial charge in [0.25, 0.3) is 5.91 Å². The zero-order valence-corrected chi connectivity index (χ0v) is 16.4. The first-order chi connectivity index (χ1) is 14.3. The fourth-order valence-electron chi connectivity index (χ4n) is 3.78. The van der Waals surface area contributed by atoms with E-state index in [2.05, 4.69) is 32.5 Å². The van der Waals surface area contributed by atoms with Crippen LogP contribution < -0.4 is 10.6 Å². The van der Waals surface area contributed by atoms with Crippen molar-refractivity contribution in [1.29, 1.82) is 0 Å². The number of alkyl halides is 3. The minimum Gasteiger partial charge on any atom is -0.351 e. The maximum atomic E-state index is 12.9. The number of hydrogen-bond acceptors (Lipinski definition) is 4. The van der Waals surface area contributed by atoms with Crippen molar-refractivity contribution in [1.82, 2.24) is 25.6 Å². The molecular formula is C21H22F3N5O. The molecular weight excluding hydrogens is 395 g/mol. The van der Waals surface area contributed by atoms with Gasteiger partial charge in [-0.1, -0.05) is 13.0 Å². The molecule has 0 saturated carbocycles. The smallest absolute Gasteiger partial charge is 0.351 e. The van der Waals surface area contributed by atoms with Crippen LogP contribution in [0.25, 0.3) is 10.9 Å². The molecule has 30 heavy (non-hydrogen) atoms. The van der Waals surface area contributed by atoms with Crippen LogP contribution in [0.15, 0.2) is 36.5 Å². The Morgan fingerprint density at radius 2 is 2.10 bits per heavy atom. The molecule has 4 rings (SSSR count). The predicted octanol–water partition coefficient (Wildman–Crippen LogP) is 3.62. The van der Waals surface area contributed by atoms with Gasteiger partial charge in [0.2, 0.25) is 5.82 Å². The van der Waals surface area contributed by atoms with Crippen molar-refractivity contribution in [3.63, 3.8) is 0 Å². The minimum atomic E-state index is -4.43. The molecule has 3 N–H and O–H groups in total. The van der Waals surface area contributed by atoms with Crippen molar-refractivity contribution < 1.29 is 18.0 Å². The lowest BCUT2D eigenvalue weighted by Gasteiger charge is -2.29. The molecule has 1 aliphatic rings. The first kappa shape index (κ1) is 20.3. The summed E-state index contributed by atoms with van der Waals surface area (Å²) < 4.78 is 38.6. The van der Waals surface area contributed by atoms with Gasteiger partial charge in [-0.25, -0.2) is 9.97 Å². The number of hydrogen-bond donors (Lipinski definition) is 3. The molecule has 158 valence electrons. The Hall–Kier alpha value is -2.94. The van der Waals surface area contributed by atoms with Crippen molar-refractivity contribution in [2.45, 2.75) is 32.0 Å². The Kier molecular flexibility index (Phi) is 5.46. The topological polar surface area (TPSA) is 82.7 Å². The van der Waals surface area contributed by atoms with Gasteiger partial charge >= 0.3 is 6.18 Å². The van der Waals surface area contributed by atoms with Crippen LogP contribution in [-0.2, 0) is 12.7 Å². The summed E-state index contributed by atoms with van der Waals surface area (Å²) in [5.74, 6) is 0.365. The molecule has 9 heteroatoms. The molecule has 1 amide bonds. The van der Waals surface area contributed by atoms with Gasteiger partial charge in [0.15, 0.2) is 0 Å². The number of amides is 1. The van der Waals surface area contributed by atoms with Crippen LogP contribution in [0.3, 0.4) is 0 Å². The average molecular weight is 417 g/mol. The number of carbonyl (C=O) groups is 1. The Labute approximate surface area is 171 Å². The Balaban J connectivity index is 1.45. The zero-order chi connectivity index (χ0) is 21.3. The summed E-state index contributed by atoms with van der Waals surface area (Å²) in [4.78, 5) is 23.4. The Morgan fingerprint density at radius 1 is 1.27 bits per heavy atom. The zero-order valence-electron chi connectivity index (χ0n) is 16.4. The van der Waals surface area contributed by atoms with Crippen molar-refractivity contribution >= 4 is 16.8 Å². The number of rotatable bonds is 4. The van der Waals surface area contributed by atoms with Crippen molar-refractivity contribution in [3.8, 4) is 0 Å². The van der Waals surface area contributed by atoms with E-state index in [0.717, 1.165) is 31.3 Å². The first-order valence-corrected chi connectivity index (χ1v) is 9.82. The lowest BCUT2D eigenvalue weighted by atomic mass is 9.85. The molecule has 0 radical (unpaired) electrons. The molecule has 1 aliphatic heterocycles. The van der Waals surface area contributed by atoms with Crippen LogP contribution in [0.2, 0.25) is 0 Å². The monoisotopic (exact) mass is 417 g/mol. The predicted molar refractivity (Wildman–Crippen MR) is 106 cm³/mol. The van der Waals surface area contributed by atoms with E-state index in [4.69, 9.17) is 0 Å². The molecule has 1 aromatic carbocycles. The molecule has 2 atom stereocenters. The van der Waals surface area contributed by atoms with E-state index in [9.17, 15) is 18.0 Å². The maximum absolute atomic E-state index is 12.9. The van der Waals surface area contributed by atoms with Gasteiger partial charge in [0.05, 0.1) is 0 Å². The molecule has 0 bridgehead atoms. The molecule has 3 aromatic rings. The number of nitrogens with zero attached hydrogens (tertiary/aromatic N) is 2. The van der Waals surface area contributed by atoms with Crippen LogP contribution >= 0.6 is 0 Å². The highest BCUT2D eigenvalue weighted by Crippen LogP contribution is 2.31. The summed E-state index contributed by atoms with van der Waals surface area (Å²) >= 11 is 0. The molecule has 0 spiro atoms. The van der Waals surface area contributed by atoms with E-state index < -0.39 is 17.8 Å². The van der Waals surface area contributed by atoms with E-state index in [0.29, 0.717) is 22.4 Å². The summed E-state index contributed by atoms with van der Waals surface area (Å²) in [6.07, 6.45) is -1.79. The number of fused-ring (bicyclic) bond motifs is 1. The fraction of sp³-hybridized carbons (Fsp3) is 0.381. The largest absolute Gasteiger partial charge is 0.431 e. The number of carbonyl (C=O) groups excluding carboxylic acids is 1. The molecule has 1 saturated heterocycles. The number of nitrogens with one attached hydrogen (secondary N) is 3. The normalized spacial score (nSPS) is 19.7. The third-order valence-electron chi connectivity index (χ3n) is 5.53. The minimum absolute atomic E-state index is 0.0901.